The third-order valence-electron chi connectivity index (χ3n) is 6.03. The Balaban J connectivity index is 1.29. The Kier molecular flexibility index (Phi) is 5.88. The summed E-state index contributed by atoms with van der Waals surface area (Å²) in [5, 5.41) is 2.99. The van der Waals surface area contributed by atoms with Crippen LogP contribution in [0.2, 0.25) is 0 Å². The number of carbonyl (C=O) groups excluding carboxylic acids is 1. The molecule has 0 saturated carbocycles. The number of benzene rings is 2. The number of para-hydroxylation sites is 1. The molecule has 154 valence electrons. The average molecular weight is 397 g/mol. The molecule has 2 aromatic rings. The van der Waals surface area contributed by atoms with Crippen molar-refractivity contribution in [3.63, 3.8) is 0 Å². The number of piperazine rings is 1. The molecule has 0 bridgehead atoms. The summed E-state index contributed by atoms with van der Waals surface area (Å²) in [6.45, 7) is 6.90. The first-order chi connectivity index (χ1) is 14.1. The Labute approximate surface area is 172 Å². The summed E-state index contributed by atoms with van der Waals surface area (Å²) in [5.74, 6) is 0.595. The Hall–Kier alpha value is -2.76. The Morgan fingerprint density at radius 3 is 2.21 bits per heavy atom. The first-order valence-corrected chi connectivity index (χ1v) is 10.5. The first-order valence-electron chi connectivity index (χ1n) is 10.5. The number of halogens is 1. The van der Waals surface area contributed by atoms with Gasteiger partial charge in [-0.2, -0.15) is 0 Å². The van der Waals surface area contributed by atoms with Crippen LogP contribution in [-0.4, -0.2) is 50.2 Å². The van der Waals surface area contributed by atoms with Gasteiger partial charge in [0.1, 0.15) is 5.82 Å². The van der Waals surface area contributed by atoms with Crippen LogP contribution in [0.1, 0.15) is 19.8 Å². The molecule has 2 aliphatic rings. The number of nitrogens with zero attached hydrogens (tertiary/aromatic N) is 3. The van der Waals surface area contributed by atoms with Crippen LogP contribution >= 0.6 is 0 Å². The number of nitrogens with one attached hydrogen (secondary N) is 1. The smallest absolute Gasteiger partial charge is 0.321 e. The predicted octanol–water partition coefficient (Wildman–Crippen LogP) is 4.42. The number of urea groups is 1. The first kappa shape index (κ1) is 19.6. The topological polar surface area (TPSA) is 38.8 Å². The molecule has 2 heterocycles. The van der Waals surface area contributed by atoms with Gasteiger partial charge in [0, 0.05) is 50.6 Å². The highest BCUT2D eigenvalue weighted by Crippen LogP contribution is 2.25. The van der Waals surface area contributed by atoms with Crippen molar-refractivity contribution in [2.45, 2.75) is 19.8 Å². The molecule has 0 unspecified atom stereocenters. The lowest BCUT2D eigenvalue weighted by molar-refractivity contribution is 0.208. The van der Waals surface area contributed by atoms with E-state index in [1.165, 1.54) is 24.6 Å². The standard InChI is InChI=1S/C23H29FN4O/c1-18-10-12-26(13-11-18)20-8-6-19(7-9-20)25-23(29)28-16-14-27(15-17-28)22-5-3-2-4-21(22)24/h2-9,18H,10-17H2,1H3,(H,25,29). The number of rotatable bonds is 3. The summed E-state index contributed by atoms with van der Waals surface area (Å²) in [6.07, 6.45) is 2.47. The minimum absolute atomic E-state index is 0.0993. The van der Waals surface area contributed by atoms with Gasteiger partial charge in [0.25, 0.3) is 0 Å². The predicted molar refractivity (Wildman–Crippen MR) is 116 cm³/mol. The molecule has 1 N–H and O–H groups in total. The van der Waals surface area contributed by atoms with Gasteiger partial charge in [0.15, 0.2) is 0 Å². The van der Waals surface area contributed by atoms with Gasteiger partial charge >= 0.3 is 6.03 Å². The Bertz CT molecular complexity index is 825. The van der Waals surface area contributed by atoms with Crippen molar-refractivity contribution in [2.24, 2.45) is 5.92 Å². The number of amides is 2. The zero-order valence-electron chi connectivity index (χ0n) is 17.0. The minimum atomic E-state index is -0.214. The Morgan fingerprint density at radius 2 is 1.55 bits per heavy atom. The Morgan fingerprint density at radius 1 is 0.897 bits per heavy atom. The van der Waals surface area contributed by atoms with Crippen molar-refractivity contribution in [2.75, 3.05) is 54.4 Å². The third kappa shape index (κ3) is 4.63. The fraction of sp³-hybridized carbons (Fsp3) is 0.435. The van der Waals surface area contributed by atoms with E-state index in [9.17, 15) is 9.18 Å². The molecule has 0 spiro atoms. The van der Waals surface area contributed by atoms with Crippen molar-refractivity contribution in [3.8, 4) is 0 Å². The molecule has 2 amide bonds. The monoisotopic (exact) mass is 396 g/mol. The molecule has 5 nitrogen and oxygen atoms in total. The van der Waals surface area contributed by atoms with E-state index in [-0.39, 0.29) is 11.8 Å². The summed E-state index contributed by atoms with van der Waals surface area (Å²) < 4.78 is 14.0. The number of hydrogen-bond acceptors (Lipinski definition) is 3. The highest BCUT2D eigenvalue weighted by atomic mass is 19.1. The molecule has 0 aromatic heterocycles. The van der Waals surface area contributed by atoms with Crippen LogP contribution in [0, 0.1) is 11.7 Å². The fourth-order valence-corrected chi connectivity index (χ4v) is 4.08. The van der Waals surface area contributed by atoms with Gasteiger partial charge in [-0.3, -0.25) is 0 Å². The zero-order valence-corrected chi connectivity index (χ0v) is 17.0. The van der Waals surface area contributed by atoms with E-state index in [4.69, 9.17) is 0 Å². The van der Waals surface area contributed by atoms with Crippen molar-refractivity contribution in [1.29, 1.82) is 0 Å². The molecule has 0 aliphatic carbocycles. The van der Waals surface area contributed by atoms with E-state index in [1.807, 2.05) is 23.1 Å². The highest BCUT2D eigenvalue weighted by Gasteiger charge is 2.23. The van der Waals surface area contributed by atoms with Crippen LogP contribution in [0.5, 0.6) is 0 Å². The van der Waals surface area contributed by atoms with Crippen LogP contribution in [0.3, 0.4) is 0 Å². The maximum Gasteiger partial charge on any atom is 0.321 e. The molecule has 29 heavy (non-hydrogen) atoms. The molecule has 0 atom stereocenters. The van der Waals surface area contributed by atoms with Crippen LogP contribution in [0.25, 0.3) is 0 Å². The second kappa shape index (κ2) is 8.72. The largest absolute Gasteiger partial charge is 0.372 e. The maximum absolute atomic E-state index is 14.0. The summed E-state index contributed by atoms with van der Waals surface area (Å²) in [7, 11) is 0. The lowest BCUT2D eigenvalue weighted by Gasteiger charge is -2.36. The molecule has 2 aliphatic heterocycles. The van der Waals surface area contributed by atoms with E-state index >= 15 is 0 Å². The van der Waals surface area contributed by atoms with Crippen LogP contribution in [-0.2, 0) is 0 Å². The minimum Gasteiger partial charge on any atom is -0.372 e. The van der Waals surface area contributed by atoms with Gasteiger partial charge < -0.3 is 20.0 Å². The normalized spacial score (nSPS) is 18.1. The summed E-state index contributed by atoms with van der Waals surface area (Å²) in [5.41, 5.74) is 2.63. The highest BCUT2D eigenvalue weighted by molar-refractivity contribution is 5.89. The summed E-state index contributed by atoms with van der Waals surface area (Å²) in [4.78, 5) is 18.8. The van der Waals surface area contributed by atoms with Crippen LogP contribution < -0.4 is 15.1 Å². The molecule has 4 rings (SSSR count). The zero-order chi connectivity index (χ0) is 20.2. The molecule has 0 radical (unpaired) electrons. The van der Waals surface area contributed by atoms with Gasteiger partial charge in [-0.05, 0) is 55.2 Å². The van der Waals surface area contributed by atoms with Crippen molar-refractivity contribution < 1.29 is 9.18 Å². The molecule has 2 aromatic carbocycles. The van der Waals surface area contributed by atoms with Crippen LogP contribution in [0.15, 0.2) is 48.5 Å². The van der Waals surface area contributed by atoms with E-state index in [0.717, 1.165) is 24.7 Å². The summed E-state index contributed by atoms with van der Waals surface area (Å²) >= 11 is 0. The lowest BCUT2D eigenvalue weighted by Crippen LogP contribution is -2.50. The van der Waals surface area contributed by atoms with E-state index in [0.29, 0.717) is 31.9 Å². The van der Waals surface area contributed by atoms with Gasteiger partial charge in [-0.1, -0.05) is 19.1 Å². The lowest BCUT2D eigenvalue weighted by atomic mass is 9.99. The molecule has 2 fully saturated rings. The number of anilines is 3. The summed E-state index contributed by atoms with van der Waals surface area (Å²) in [6, 6.07) is 14.8. The molecular weight excluding hydrogens is 367 g/mol. The third-order valence-corrected chi connectivity index (χ3v) is 6.03. The van der Waals surface area contributed by atoms with E-state index < -0.39 is 0 Å². The van der Waals surface area contributed by atoms with Crippen LogP contribution in [0.4, 0.5) is 26.2 Å². The van der Waals surface area contributed by atoms with Crippen molar-refractivity contribution in [1.82, 2.24) is 4.90 Å². The number of carbonyl (C=O) groups is 1. The molecule has 6 heteroatoms. The van der Waals surface area contributed by atoms with Gasteiger partial charge in [-0.15, -0.1) is 0 Å². The number of piperidine rings is 1. The van der Waals surface area contributed by atoms with Crippen molar-refractivity contribution >= 4 is 23.1 Å². The maximum atomic E-state index is 14.0. The SMILES string of the molecule is CC1CCN(c2ccc(NC(=O)N3CCN(c4ccccc4F)CC3)cc2)CC1. The van der Waals surface area contributed by atoms with E-state index in [1.54, 1.807) is 17.0 Å². The second-order valence-corrected chi connectivity index (χ2v) is 8.07. The average Bonchev–Trinajstić information content (AvgIpc) is 2.75. The molecular formula is C23H29FN4O. The van der Waals surface area contributed by atoms with E-state index in [2.05, 4.69) is 29.3 Å². The number of hydrogen-bond donors (Lipinski definition) is 1. The molecule has 2 saturated heterocycles. The van der Waals surface area contributed by atoms with Crippen molar-refractivity contribution in [3.05, 3.63) is 54.3 Å². The quantitative estimate of drug-likeness (QED) is 0.835. The van der Waals surface area contributed by atoms with Gasteiger partial charge in [-0.25, -0.2) is 9.18 Å². The second-order valence-electron chi connectivity index (χ2n) is 8.07. The van der Waals surface area contributed by atoms with Gasteiger partial charge in [0.2, 0.25) is 0 Å². The fourth-order valence-electron chi connectivity index (χ4n) is 4.08. The van der Waals surface area contributed by atoms with Gasteiger partial charge in [0.05, 0.1) is 5.69 Å².